The summed E-state index contributed by atoms with van der Waals surface area (Å²) in [6, 6.07) is -1.01. The third-order valence-electron chi connectivity index (χ3n) is 18.2. The van der Waals surface area contributed by atoms with Gasteiger partial charge >= 0.3 is 0 Å². The molecule has 1 amide bonds. The minimum atomic E-state index is -1.99. The average Bonchev–Trinajstić information content (AvgIpc) is 0.783. The second kappa shape index (κ2) is 60.2. The van der Waals surface area contributed by atoms with E-state index in [0.717, 1.165) is 122 Å². The fourth-order valence-corrected chi connectivity index (χ4v) is 12.0. The normalized spacial score (nSPS) is 27.2. The summed E-state index contributed by atoms with van der Waals surface area (Å²) in [6.45, 7) is 1.59. The Balaban J connectivity index is 1.40. The molecule has 17 unspecified atom stereocenters. The Morgan fingerprint density at radius 3 is 1.12 bits per heavy atom. The molecule has 0 aromatic rings. The summed E-state index contributed by atoms with van der Waals surface area (Å²) in [4.78, 5) is 13.4. The van der Waals surface area contributed by atoms with Crippen molar-refractivity contribution < 1.29 is 89.4 Å². The smallest absolute Gasteiger partial charge is 0.220 e. The van der Waals surface area contributed by atoms with Crippen molar-refractivity contribution in [3.8, 4) is 0 Å². The largest absolute Gasteiger partial charge is 0.394 e. The molecule has 3 heterocycles. The van der Waals surface area contributed by atoms with Gasteiger partial charge in [-0.3, -0.25) is 4.79 Å². The van der Waals surface area contributed by atoms with Crippen LogP contribution in [0.3, 0.4) is 0 Å². The summed E-state index contributed by atoms with van der Waals surface area (Å²) in [7, 11) is 0. The number of allylic oxidation sites excluding steroid dienone is 21. The summed E-state index contributed by atoms with van der Waals surface area (Å²) in [6.07, 6.45) is 58.5. The molecule has 100 heavy (non-hydrogen) atoms. The van der Waals surface area contributed by atoms with Crippen molar-refractivity contribution in [2.24, 2.45) is 0 Å². The Bertz CT molecular complexity index is 2330. The summed E-state index contributed by atoms with van der Waals surface area (Å²) in [5.41, 5.74) is 0. The maximum Gasteiger partial charge on any atom is 0.220 e. The zero-order chi connectivity index (χ0) is 72.5. The first kappa shape index (κ1) is 90.1. The van der Waals surface area contributed by atoms with E-state index in [1.165, 1.54) is 83.5 Å². The van der Waals surface area contributed by atoms with Crippen molar-refractivity contribution in [3.05, 3.63) is 134 Å². The molecule has 17 atom stereocenters. The second-order valence-electron chi connectivity index (χ2n) is 26.7. The van der Waals surface area contributed by atoms with Gasteiger partial charge in [0.15, 0.2) is 18.9 Å². The van der Waals surface area contributed by atoms with Gasteiger partial charge < -0.3 is 89.9 Å². The highest BCUT2D eigenvalue weighted by molar-refractivity contribution is 5.76. The Morgan fingerprint density at radius 2 is 0.700 bits per heavy atom. The minimum absolute atomic E-state index is 0.214. The molecule has 3 aliphatic rings. The van der Waals surface area contributed by atoms with Gasteiger partial charge in [0.05, 0.1) is 38.6 Å². The number of rotatable bonds is 58. The lowest BCUT2D eigenvalue weighted by Crippen LogP contribution is -2.66. The summed E-state index contributed by atoms with van der Waals surface area (Å²) >= 11 is 0. The van der Waals surface area contributed by atoms with Crippen LogP contribution < -0.4 is 5.32 Å². The van der Waals surface area contributed by atoms with Crippen molar-refractivity contribution in [3.63, 3.8) is 0 Å². The van der Waals surface area contributed by atoms with Crippen LogP contribution in [-0.2, 0) is 33.2 Å². The average molecular weight is 1410 g/mol. The molecular weight excluding hydrogens is 1270 g/mol. The molecule has 0 bridgehead atoms. The lowest BCUT2D eigenvalue weighted by atomic mass is 9.96. The molecule has 3 aliphatic heterocycles. The van der Waals surface area contributed by atoms with Gasteiger partial charge in [0.25, 0.3) is 0 Å². The first-order valence-corrected chi connectivity index (χ1v) is 38.4. The highest BCUT2D eigenvalue weighted by Gasteiger charge is 2.53. The second-order valence-corrected chi connectivity index (χ2v) is 26.7. The number of hydrogen-bond donors (Lipinski definition) is 12. The fraction of sp³-hybridized carbons (Fsp3) is 0.716. The predicted molar refractivity (Wildman–Crippen MR) is 396 cm³/mol. The number of carbonyl (C=O) groups is 1. The zero-order valence-electron chi connectivity index (χ0n) is 60.9. The number of carbonyl (C=O) groups excluding carboxylic acids is 1. The molecule has 12 N–H and O–H groups in total. The van der Waals surface area contributed by atoms with E-state index in [2.05, 4.69) is 141 Å². The number of hydrogen-bond acceptors (Lipinski definition) is 18. The zero-order valence-corrected chi connectivity index (χ0v) is 60.9. The number of nitrogens with one attached hydrogen (secondary N) is 1. The van der Waals surface area contributed by atoms with Crippen LogP contribution in [0.25, 0.3) is 0 Å². The van der Waals surface area contributed by atoms with Gasteiger partial charge in [-0.1, -0.05) is 263 Å². The standard InChI is InChI=1S/C81H135NO18/c1-3-5-7-9-11-13-15-17-19-21-23-25-26-27-28-29-30-31-32-33-34-35-36-37-38-39-41-43-45-47-49-51-53-55-57-59-69(87)82-64(65(86)58-56-54-52-50-48-46-44-42-40-24-22-20-18-16-14-12-10-8-6-4-2)63-95-79-75(93)72(90)77(67(61-84)97-79)100-81-76(94)73(91)78(68(62-85)98-81)99-80-74(92)71(89)70(88)66(60-83)96-80/h5,7,11,13,17,19,23,25,27-28,30-31,33-34,36-37,39,41,48,50,56,58,64-68,70-81,83-86,88-94H,3-4,6,8-10,12,14-16,18,20-22,24,26,29,32,35,38,40,42-47,49,51-55,57,59-63H2,1-2H3,(H,82,87)/b7-5-,13-11-,19-17-,25-23-,28-27-,31-30-,34-33-,37-36-,41-39-,50-48+,58-56+. The molecule has 19 nitrogen and oxygen atoms in total. The molecule has 3 fully saturated rings. The van der Waals surface area contributed by atoms with Gasteiger partial charge in [0, 0.05) is 6.42 Å². The van der Waals surface area contributed by atoms with E-state index >= 15 is 0 Å². The van der Waals surface area contributed by atoms with Crippen LogP contribution >= 0.6 is 0 Å². The van der Waals surface area contributed by atoms with E-state index in [1.54, 1.807) is 6.08 Å². The highest BCUT2D eigenvalue weighted by atomic mass is 16.8. The predicted octanol–water partition coefficient (Wildman–Crippen LogP) is 12.1. The van der Waals surface area contributed by atoms with Gasteiger partial charge in [-0.15, -0.1) is 0 Å². The lowest BCUT2D eigenvalue weighted by Gasteiger charge is -2.48. The quantitative estimate of drug-likeness (QED) is 0.0199. The minimum Gasteiger partial charge on any atom is -0.394 e. The Kier molecular flexibility index (Phi) is 54.3. The molecule has 3 saturated heterocycles. The fourth-order valence-electron chi connectivity index (χ4n) is 12.0. The van der Waals surface area contributed by atoms with Crippen molar-refractivity contribution in [1.29, 1.82) is 0 Å². The van der Waals surface area contributed by atoms with E-state index in [4.69, 9.17) is 28.4 Å². The molecule has 0 aromatic carbocycles. The lowest BCUT2D eigenvalue weighted by molar-refractivity contribution is -0.379. The maximum atomic E-state index is 13.4. The van der Waals surface area contributed by atoms with Crippen LogP contribution in [-0.4, -0.2) is 193 Å². The van der Waals surface area contributed by atoms with E-state index < -0.39 is 124 Å². The SMILES string of the molecule is CC/C=C\C/C=C\C/C=C\C/C=C\C/C=C\C/C=C\C/C=C\C/C=C\C/C=C\CCCCCCCCCC(=O)NC(COC1OC(CO)C(OC2OC(CO)C(OC3OC(CO)C(O)C(O)C3O)C(O)C2O)C(O)C1O)C(O)/C=C/CC/C=C/CCCCCCCCCCCCCCCC. The van der Waals surface area contributed by atoms with Crippen molar-refractivity contribution >= 4 is 5.91 Å². The van der Waals surface area contributed by atoms with Gasteiger partial charge in [-0.2, -0.15) is 0 Å². The number of ether oxygens (including phenoxy) is 6. The Hall–Kier alpha value is -4.07. The Morgan fingerprint density at radius 1 is 0.370 bits per heavy atom. The molecule has 19 heteroatoms. The molecule has 0 radical (unpaired) electrons. The van der Waals surface area contributed by atoms with E-state index in [0.29, 0.717) is 12.8 Å². The maximum absolute atomic E-state index is 13.4. The van der Waals surface area contributed by atoms with Crippen LogP contribution in [0.5, 0.6) is 0 Å². The number of aliphatic hydroxyl groups excluding tert-OH is 11. The van der Waals surface area contributed by atoms with E-state index in [-0.39, 0.29) is 18.9 Å². The van der Waals surface area contributed by atoms with E-state index in [9.17, 15) is 61.0 Å². The van der Waals surface area contributed by atoms with Gasteiger partial charge in [-0.25, -0.2) is 0 Å². The molecular formula is C81H135NO18. The molecule has 0 saturated carbocycles. The monoisotopic (exact) mass is 1410 g/mol. The van der Waals surface area contributed by atoms with Gasteiger partial charge in [0.2, 0.25) is 5.91 Å². The molecule has 572 valence electrons. The summed E-state index contributed by atoms with van der Waals surface area (Å²) in [5.74, 6) is -0.301. The van der Waals surface area contributed by atoms with E-state index in [1.807, 2.05) is 6.08 Å². The van der Waals surface area contributed by atoms with Gasteiger partial charge in [0.1, 0.15) is 73.2 Å². The van der Waals surface area contributed by atoms with Crippen LogP contribution in [0.15, 0.2) is 134 Å². The Labute approximate surface area is 600 Å². The van der Waals surface area contributed by atoms with Crippen molar-refractivity contribution in [2.75, 3.05) is 26.4 Å². The summed E-state index contributed by atoms with van der Waals surface area (Å²) in [5, 5.41) is 121. The summed E-state index contributed by atoms with van der Waals surface area (Å²) < 4.78 is 34.4. The number of unbranched alkanes of at least 4 members (excludes halogenated alkanes) is 22. The highest BCUT2D eigenvalue weighted by Crippen LogP contribution is 2.33. The van der Waals surface area contributed by atoms with Crippen LogP contribution in [0, 0.1) is 0 Å². The third-order valence-corrected chi connectivity index (χ3v) is 18.2. The molecule has 3 rings (SSSR count). The van der Waals surface area contributed by atoms with Gasteiger partial charge in [-0.05, 0) is 103 Å². The van der Waals surface area contributed by atoms with Crippen LogP contribution in [0.4, 0.5) is 0 Å². The topological polar surface area (TPSA) is 307 Å². The van der Waals surface area contributed by atoms with Crippen molar-refractivity contribution in [2.45, 2.75) is 343 Å². The number of amides is 1. The van der Waals surface area contributed by atoms with Crippen LogP contribution in [0.2, 0.25) is 0 Å². The molecule has 0 aromatic heterocycles. The third kappa shape index (κ3) is 40.3. The first-order valence-electron chi connectivity index (χ1n) is 38.4. The molecule has 0 spiro atoms. The van der Waals surface area contributed by atoms with Crippen molar-refractivity contribution in [1.82, 2.24) is 5.32 Å². The molecule has 0 aliphatic carbocycles. The number of aliphatic hydroxyl groups is 11. The van der Waals surface area contributed by atoms with Crippen LogP contribution in [0.1, 0.15) is 239 Å². The first-order chi connectivity index (χ1) is 48.8.